The van der Waals surface area contributed by atoms with Crippen LogP contribution in [0.1, 0.15) is 28.4 Å². The van der Waals surface area contributed by atoms with E-state index >= 15 is 0 Å². The fourth-order valence-electron chi connectivity index (χ4n) is 1.88. The fraction of sp³-hybridized carbons (Fsp3) is 0.727. The van der Waals surface area contributed by atoms with Gasteiger partial charge in [0, 0.05) is 30.7 Å². The van der Waals surface area contributed by atoms with Gasteiger partial charge < -0.3 is 10.1 Å². The zero-order valence-electron chi connectivity index (χ0n) is 9.38. The van der Waals surface area contributed by atoms with Crippen LogP contribution in [-0.2, 0) is 11.3 Å². The minimum atomic E-state index is 0.626. The van der Waals surface area contributed by atoms with E-state index in [0.717, 1.165) is 37.6 Å². The highest BCUT2D eigenvalue weighted by molar-refractivity contribution is 7.11. The van der Waals surface area contributed by atoms with Crippen LogP contribution in [0.2, 0.25) is 0 Å². The van der Waals surface area contributed by atoms with E-state index in [4.69, 9.17) is 4.74 Å². The molecule has 1 fully saturated rings. The molecule has 0 bridgehead atoms. The molecule has 0 spiro atoms. The Morgan fingerprint density at radius 1 is 1.40 bits per heavy atom. The molecule has 3 nitrogen and oxygen atoms in total. The normalized spacial score (nSPS) is 18.3. The molecule has 1 aliphatic heterocycles. The van der Waals surface area contributed by atoms with Crippen LogP contribution < -0.4 is 5.32 Å². The van der Waals surface area contributed by atoms with E-state index in [0.29, 0.717) is 6.04 Å². The number of hydrogen-bond acceptors (Lipinski definition) is 4. The van der Waals surface area contributed by atoms with Gasteiger partial charge in [0.15, 0.2) is 0 Å². The highest BCUT2D eigenvalue weighted by atomic mass is 32.1. The maximum absolute atomic E-state index is 5.33. The predicted octanol–water partition coefficient (Wildman–Crippen LogP) is 2.03. The van der Waals surface area contributed by atoms with Gasteiger partial charge in [-0.25, -0.2) is 4.98 Å². The van der Waals surface area contributed by atoms with E-state index in [2.05, 4.69) is 24.1 Å². The molecular formula is C11H18N2OS. The molecule has 2 heterocycles. The van der Waals surface area contributed by atoms with Crippen LogP contribution in [0.3, 0.4) is 0 Å². The lowest BCUT2D eigenvalue weighted by atomic mass is 10.1. The first-order chi connectivity index (χ1) is 7.25. The Bertz CT molecular complexity index is 318. The average Bonchev–Trinajstić information content (AvgIpc) is 2.56. The zero-order valence-corrected chi connectivity index (χ0v) is 10.2. The van der Waals surface area contributed by atoms with Gasteiger partial charge in [-0.1, -0.05) is 0 Å². The van der Waals surface area contributed by atoms with Gasteiger partial charge in [0.2, 0.25) is 0 Å². The molecule has 0 atom stereocenters. The molecule has 15 heavy (non-hydrogen) atoms. The second-order valence-electron chi connectivity index (χ2n) is 4.01. The number of ether oxygens (including phenoxy) is 1. The Kier molecular flexibility index (Phi) is 3.72. The molecule has 4 heteroatoms. The summed E-state index contributed by atoms with van der Waals surface area (Å²) in [6.45, 7) is 6.92. The molecule has 0 saturated carbocycles. The average molecular weight is 226 g/mol. The lowest BCUT2D eigenvalue weighted by Crippen LogP contribution is -2.34. The van der Waals surface area contributed by atoms with Gasteiger partial charge in [-0.2, -0.15) is 0 Å². The van der Waals surface area contributed by atoms with Crippen molar-refractivity contribution in [3.8, 4) is 0 Å². The summed E-state index contributed by atoms with van der Waals surface area (Å²) in [4.78, 5) is 5.80. The van der Waals surface area contributed by atoms with E-state index in [9.17, 15) is 0 Å². The van der Waals surface area contributed by atoms with Gasteiger partial charge in [-0.05, 0) is 26.7 Å². The topological polar surface area (TPSA) is 34.2 Å². The lowest BCUT2D eigenvalue weighted by Gasteiger charge is -2.22. The Morgan fingerprint density at radius 3 is 2.73 bits per heavy atom. The Morgan fingerprint density at radius 2 is 2.13 bits per heavy atom. The highest BCUT2D eigenvalue weighted by Crippen LogP contribution is 2.17. The first-order valence-electron chi connectivity index (χ1n) is 5.50. The summed E-state index contributed by atoms with van der Waals surface area (Å²) >= 11 is 1.80. The number of nitrogens with zero attached hydrogens (tertiary/aromatic N) is 1. The maximum atomic E-state index is 5.33. The van der Waals surface area contributed by atoms with Crippen LogP contribution in [0.15, 0.2) is 0 Å². The third kappa shape index (κ3) is 3.00. The monoisotopic (exact) mass is 226 g/mol. The summed E-state index contributed by atoms with van der Waals surface area (Å²) in [5.41, 5.74) is 1.18. The van der Waals surface area contributed by atoms with Crippen molar-refractivity contribution in [2.75, 3.05) is 13.2 Å². The van der Waals surface area contributed by atoms with Crippen LogP contribution in [-0.4, -0.2) is 24.2 Å². The predicted molar refractivity (Wildman–Crippen MR) is 62.3 cm³/mol. The third-order valence-corrected chi connectivity index (χ3v) is 3.85. The molecule has 1 aromatic rings. The second-order valence-corrected chi connectivity index (χ2v) is 5.30. The molecule has 0 aliphatic carbocycles. The summed E-state index contributed by atoms with van der Waals surface area (Å²) in [5, 5.41) is 4.75. The molecule has 1 aliphatic rings. The Labute approximate surface area is 94.9 Å². The first kappa shape index (κ1) is 11.0. The number of aryl methyl sites for hydroxylation is 2. The van der Waals surface area contributed by atoms with Crippen molar-refractivity contribution >= 4 is 11.3 Å². The van der Waals surface area contributed by atoms with Gasteiger partial charge in [0.05, 0.1) is 10.7 Å². The molecule has 1 saturated heterocycles. The molecule has 0 aromatic carbocycles. The molecule has 0 unspecified atom stereocenters. The van der Waals surface area contributed by atoms with Crippen molar-refractivity contribution in [3.05, 3.63) is 15.6 Å². The standard InChI is InChI=1S/C11H18N2OS/c1-8-11(15-9(2)13-8)7-12-10-3-5-14-6-4-10/h10,12H,3-7H2,1-2H3. The van der Waals surface area contributed by atoms with Gasteiger partial charge in [0.25, 0.3) is 0 Å². The highest BCUT2D eigenvalue weighted by Gasteiger charge is 2.13. The number of hydrogen-bond donors (Lipinski definition) is 1. The van der Waals surface area contributed by atoms with E-state index in [1.54, 1.807) is 11.3 Å². The van der Waals surface area contributed by atoms with Crippen LogP contribution in [0.5, 0.6) is 0 Å². The summed E-state index contributed by atoms with van der Waals surface area (Å²) in [5.74, 6) is 0. The molecule has 0 radical (unpaired) electrons. The Hall–Kier alpha value is -0.450. The second kappa shape index (κ2) is 5.05. The van der Waals surface area contributed by atoms with Gasteiger partial charge in [-0.3, -0.25) is 0 Å². The molecule has 1 N–H and O–H groups in total. The number of rotatable bonds is 3. The molecule has 84 valence electrons. The minimum Gasteiger partial charge on any atom is -0.381 e. The number of nitrogens with one attached hydrogen (secondary N) is 1. The summed E-state index contributed by atoms with van der Waals surface area (Å²) in [6, 6.07) is 0.626. The molecule has 0 amide bonds. The van der Waals surface area contributed by atoms with Crippen molar-refractivity contribution in [2.45, 2.75) is 39.3 Å². The quantitative estimate of drug-likeness (QED) is 0.856. The van der Waals surface area contributed by atoms with Crippen LogP contribution in [0.25, 0.3) is 0 Å². The van der Waals surface area contributed by atoms with E-state index in [-0.39, 0.29) is 0 Å². The Balaban J connectivity index is 1.84. The van der Waals surface area contributed by atoms with E-state index < -0.39 is 0 Å². The maximum Gasteiger partial charge on any atom is 0.0900 e. The smallest absolute Gasteiger partial charge is 0.0900 e. The van der Waals surface area contributed by atoms with Crippen molar-refractivity contribution < 1.29 is 4.74 Å². The van der Waals surface area contributed by atoms with Crippen LogP contribution >= 0.6 is 11.3 Å². The SMILES string of the molecule is Cc1nc(C)c(CNC2CCOCC2)s1. The van der Waals surface area contributed by atoms with Crippen LogP contribution in [0, 0.1) is 13.8 Å². The minimum absolute atomic E-state index is 0.626. The summed E-state index contributed by atoms with van der Waals surface area (Å²) in [6.07, 6.45) is 2.27. The van der Waals surface area contributed by atoms with Crippen molar-refractivity contribution in [1.82, 2.24) is 10.3 Å². The summed E-state index contributed by atoms with van der Waals surface area (Å²) < 4.78 is 5.33. The van der Waals surface area contributed by atoms with Gasteiger partial charge in [-0.15, -0.1) is 11.3 Å². The number of aromatic nitrogens is 1. The van der Waals surface area contributed by atoms with Gasteiger partial charge in [0.1, 0.15) is 0 Å². The molecule has 1 aromatic heterocycles. The van der Waals surface area contributed by atoms with Crippen LogP contribution in [0.4, 0.5) is 0 Å². The zero-order chi connectivity index (χ0) is 10.7. The molecule has 2 rings (SSSR count). The largest absolute Gasteiger partial charge is 0.381 e. The van der Waals surface area contributed by atoms with Crippen molar-refractivity contribution in [1.29, 1.82) is 0 Å². The lowest BCUT2D eigenvalue weighted by molar-refractivity contribution is 0.0776. The third-order valence-electron chi connectivity index (χ3n) is 2.77. The van der Waals surface area contributed by atoms with Crippen molar-refractivity contribution in [2.24, 2.45) is 0 Å². The first-order valence-corrected chi connectivity index (χ1v) is 6.31. The van der Waals surface area contributed by atoms with Crippen molar-refractivity contribution in [3.63, 3.8) is 0 Å². The van der Waals surface area contributed by atoms with E-state index in [1.165, 1.54) is 10.6 Å². The van der Waals surface area contributed by atoms with Gasteiger partial charge >= 0.3 is 0 Å². The summed E-state index contributed by atoms with van der Waals surface area (Å²) in [7, 11) is 0. The molecular weight excluding hydrogens is 208 g/mol. The van der Waals surface area contributed by atoms with E-state index in [1.807, 2.05) is 0 Å². The fourth-order valence-corrected chi connectivity index (χ4v) is 2.76. The number of thiazole rings is 1.